The van der Waals surface area contributed by atoms with Gasteiger partial charge in [-0.3, -0.25) is 4.79 Å². The van der Waals surface area contributed by atoms with E-state index >= 15 is 0 Å². The number of carbonyl (C=O) groups is 1. The van der Waals surface area contributed by atoms with Gasteiger partial charge in [-0.2, -0.15) is 0 Å². The Hall–Kier alpha value is -3.08. The van der Waals surface area contributed by atoms with Crippen LogP contribution in [0.1, 0.15) is 15.9 Å². The lowest BCUT2D eigenvalue weighted by Crippen LogP contribution is -2.12. The molecule has 0 radical (unpaired) electrons. The molecule has 0 aliphatic rings. The van der Waals surface area contributed by atoms with Crippen LogP contribution in [-0.4, -0.2) is 15.9 Å². The molecule has 23 heavy (non-hydrogen) atoms. The zero-order valence-corrected chi connectivity index (χ0v) is 12.5. The molecule has 114 valence electrons. The van der Waals surface area contributed by atoms with Gasteiger partial charge in [0.2, 0.25) is 0 Å². The molecule has 0 saturated heterocycles. The molecule has 0 saturated carbocycles. The van der Waals surface area contributed by atoms with Crippen molar-refractivity contribution < 1.29 is 9.18 Å². The maximum Gasteiger partial charge on any atom is 0.258 e. The van der Waals surface area contributed by atoms with E-state index in [2.05, 4.69) is 15.3 Å². The molecular weight excluding hydrogens is 293 g/mol. The van der Waals surface area contributed by atoms with Crippen molar-refractivity contribution in [2.75, 3.05) is 5.32 Å². The maximum atomic E-state index is 13.2. The Morgan fingerprint density at radius 3 is 2.39 bits per heavy atom. The first kappa shape index (κ1) is 14.8. The van der Waals surface area contributed by atoms with Crippen LogP contribution in [0.3, 0.4) is 0 Å². The lowest BCUT2D eigenvalue weighted by molar-refractivity contribution is 0.102. The van der Waals surface area contributed by atoms with Gasteiger partial charge >= 0.3 is 0 Å². The van der Waals surface area contributed by atoms with E-state index in [0.717, 1.165) is 5.56 Å². The molecule has 0 atom stereocenters. The molecular formula is C18H14FN3O. The highest BCUT2D eigenvalue weighted by Crippen LogP contribution is 2.16. The van der Waals surface area contributed by atoms with Crippen LogP contribution < -0.4 is 5.32 Å². The third-order valence-electron chi connectivity index (χ3n) is 3.31. The molecule has 1 N–H and O–H groups in total. The van der Waals surface area contributed by atoms with Gasteiger partial charge in [0.05, 0.1) is 5.56 Å². The lowest BCUT2D eigenvalue weighted by atomic mass is 10.2. The molecule has 1 aromatic heterocycles. The van der Waals surface area contributed by atoms with Gasteiger partial charge in [0, 0.05) is 23.6 Å². The van der Waals surface area contributed by atoms with Crippen molar-refractivity contribution in [3.63, 3.8) is 0 Å². The molecule has 2 aromatic carbocycles. The first-order valence-electron chi connectivity index (χ1n) is 7.08. The molecule has 0 bridgehead atoms. The highest BCUT2D eigenvalue weighted by Gasteiger charge is 2.09. The van der Waals surface area contributed by atoms with E-state index < -0.39 is 0 Å². The van der Waals surface area contributed by atoms with E-state index in [0.29, 0.717) is 22.6 Å². The van der Waals surface area contributed by atoms with Crippen LogP contribution in [0.2, 0.25) is 0 Å². The van der Waals surface area contributed by atoms with E-state index in [1.807, 2.05) is 31.2 Å². The predicted octanol–water partition coefficient (Wildman–Crippen LogP) is 3.84. The molecule has 0 spiro atoms. The molecule has 1 amide bonds. The Kier molecular flexibility index (Phi) is 4.10. The largest absolute Gasteiger partial charge is 0.322 e. The summed E-state index contributed by atoms with van der Waals surface area (Å²) in [5.74, 6) is -0.275. The van der Waals surface area contributed by atoms with Gasteiger partial charge in [-0.05, 0) is 31.2 Å². The lowest BCUT2D eigenvalue weighted by Gasteiger charge is -2.06. The van der Waals surface area contributed by atoms with Crippen molar-refractivity contribution in [1.82, 2.24) is 9.97 Å². The van der Waals surface area contributed by atoms with E-state index in [-0.39, 0.29) is 11.7 Å². The van der Waals surface area contributed by atoms with Gasteiger partial charge in [0.15, 0.2) is 5.82 Å². The number of halogens is 1. The molecule has 3 rings (SSSR count). The monoisotopic (exact) mass is 307 g/mol. The normalized spacial score (nSPS) is 10.3. The minimum Gasteiger partial charge on any atom is -0.322 e. The number of amides is 1. The minimum absolute atomic E-state index is 0.292. The summed E-state index contributed by atoms with van der Waals surface area (Å²) in [7, 11) is 0. The van der Waals surface area contributed by atoms with Crippen LogP contribution in [-0.2, 0) is 0 Å². The molecule has 5 heteroatoms. The average molecular weight is 307 g/mol. The zero-order chi connectivity index (χ0) is 16.2. The summed E-state index contributed by atoms with van der Waals surface area (Å²) in [5, 5.41) is 2.77. The van der Waals surface area contributed by atoms with Crippen LogP contribution in [0.5, 0.6) is 0 Å². The van der Waals surface area contributed by atoms with Crippen molar-refractivity contribution in [2.24, 2.45) is 0 Å². The van der Waals surface area contributed by atoms with E-state index in [1.54, 1.807) is 12.1 Å². The van der Waals surface area contributed by atoms with Gasteiger partial charge in [0.25, 0.3) is 5.91 Å². The third-order valence-corrected chi connectivity index (χ3v) is 3.31. The van der Waals surface area contributed by atoms with E-state index in [4.69, 9.17) is 0 Å². The van der Waals surface area contributed by atoms with Crippen molar-refractivity contribution in [1.29, 1.82) is 0 Å². The second-order valence-electron chi connectivity index (χ2n) is 5.13. The quantitative estimate of drug-likeness (QED) is 0.799. The second-order valence-corrected chi connectivity index (χ2v) is 5.13. The Balaban J connectivity index is 1.76. The molecule has 0 unspecified atom stereocenters. The summed E-state index contributed by atoms with van der Waals surface area (Å²) >= 11 is 0. The number of nitrogens with one attached hydrogen (secondary N) is 1. The maximum absolute atomic E-state index is 13.2. The summed E-state index contributed by atoms with van der Waals surface area (Å²) < 4.78 is 13.2. The first-order chi connectivity index (χ1) is 11.1. The fourth-order valence-electron chi connectivity index (χ4n) is 2.06. The number of hydrogen-bond donors (Lipinski definition) is 1. The smallest absolute Gasteiger partial charge is 0.258 e. The molecule has 0 aliphatic heterocycles. The average Bonchev–Trinajstić information content (AvgIpc) is 2.57. The first-order valence-corrected chi connectivity index (χ1v) is 7.08. The number of anilines is 1. The van der Waals surface area contributed by atoms with Crippen molar-refractivity contribution in [2.45, 2.75) is 6.92 Å². The Labute approximate surface area is 133 Å². The third kappa shape index (κ3) is 3.58. The van der Waals surface area contributed by atoms with Crippen LogP contribution in [0, 0.1) is 12.7 Å². The topological polar surface area (TPSA) is 54.9 Å². The number of rotatable bonds is 3. The number of carbonyl (C=O) groups excluding carboxylic acids is 1. The minimum atomic E-state index is -0.354. The van der Waals surface area contributed by atoms with Gasteiger partial charge in [-0.25, -0.2) is 14.4 Å². The number of nitrogens with zero attached hydrogens (tertiary/aromatic N) is 2. The Morgan fingerprint density at radius 1 is 1.04 bits per heavy atom. The summed E-state index contributed by atoms with van der Waals surface area (Å²) in [4.78, 5) is 20.4. The van der Waals surface area contributed by atoms with Gasteiger partial charge in [-0.15, -0.1) is 0 Å². The van der Waals surface area contributed by atoms with Gasteiger partial charge in [-0.1, -0.05) is 29.8 Å². The van der Waals surface area contributed by atoms with Crippen LogP contribution in [0.4, 0.5) is 10.1 Å². The number of aryl methyl sites for hydroxylation is 1. The summed E-state index contributed by atoms with van der Waals surface area (Å²) in [6.45, 7) is 1.98. The fourth-order valence-corrected chi connectivity index (χ4v) is 2.06. The van der Waals surface area contributed by atoms with E-state index in [1.165, 1.54) is 24.5 Å². The van der Waals surface area contributed by atoms with Crippen LogP contribution in [0.15, 0.2) is 60.9 Å². The number of aromatic nitrogens is 2. The van der Waals surface area contributed by atoms with Gasteiger partial charge in [0.1, 0.15) is 5.82 Å². The number of hydrogen-bond acceptors (Lipinski definition) is 3. The molecule has 3 aromatic rings. The molecule has 0 fully saturated rings. The zero-order valence-electron chi connectivity index (χ0n) is 12.5. The number of benzene rings is 2. The molecule has 4 nitrogen and oxygen atoms in total. The van der Waals surface area contributed by atoms with Crippen LogP contribution in [0.25, 0.3) is 11.4 Å². The summed E-state index contributed by atoms with van der Waals surface area (Å²) in [6.07, 6.45) is 2.85. The Bertz CT molecular complexity index is 830. The van der Waals surface area contributed by atoms with E-state index in [9.17, 15) is 9.18 Å². The fraction of sp³-hybridized carbons (Fsp3) is 0.0556. The standard InChI is InChI=1S/C18H14FN3O/c1-12-5-7-16(8-6-12)22-18(23)14-10-20-17(21-11-14)13-3-2-4-15(19)9-13/h2-11H,1H3,(H,22,23). The van der Waals surface area contributed by atoms with Crippen molar-refractivity contribution in [3.05, 3.63) is 77.9 Å². The van der Waals surface area contributed by atoms with Crippen molar-refractivity contribution >= 4 is 11.6 Å². The highest BCUT2D eigenvalue weighted by atomic mass is 19.1. The summed E-state index contributed by atoms with van der Waals surface area (Å²) in [5.41, 5.74) is 2.72. The highest BCUT2D eigenvalue weighted by molar-refractivity contribution is 6.03. The van der Waals surface area contributed by atoms with Gasteiger partial charge < -0.3 is 5.32 Å². The summed E-state index contributed by atoms with van der Waals surface area (Å²) in [6, 6.07) is 13.5. The molecule has 1 heterocycles. The van der Waals surface area contributed by atoms with Crippen molar-refractivity contribution in [3.8, 4) is 11.4 Å². The van der Waals surface area contributed by atoms with Crippen LogP contribution >= 0.6 is 0 Å². The SMILES string of the molecule is Cc1ccc(NC(=O)c2cnc(-c3cccc(F)c3)nc2)cc1. The molecule has 0 aliphatic carbocycles. The predicted molar refractivity (Wildman–Crippen MR) is 86.6 cm³/mol. The Morgan fingerprint density at radius 2 is 1.74 bits per heavy atom. The second kappa shape index (κ2) is 6.36.